The van der Waals surface area contributed by atoms with E-state index in [-0.39, 0.29) is 27.8 Å². The minimum absolute atomic E-state index is 0.0374. The molecule has 0 fully saturated rings. The SMILES string of the molecule is Cc1nc(N[C@@H]2c3ccc(Cl)c(O)c3C(C)(C)C[C@]2(O)C(F)(F)C(F)(F)F)c2ccccc2n1. The van der Waals surface area contributed by atoms with Gasteiger partial charge in [0.25, 0.3) is 0 Å². The number of halogens is 6. The van der Waals surface area contributed by atoms with Gasteiger partial charge >= 0.3 is 12.1 Å². The molecule has 0 amide bonds. The number of hydrogen-bond acceptors (Lipinski definition) is 5. The lowest BCUT2D eigenvalue weighted by atomic mass is 9.61. The summed E-state index contributed by atoms with van der Waals surface area (Å²) in [6, 6.07) is 6.93. The summed E-state index contributed by atoms with van der Waals surface area (Å²) in [5, 5.41) is 24.8. The zero-order valence-corrected chi connectivity index (χ0v) is 19.1. The van der Waals surface area contributed by atoms with E-state index in [1.54, 1.807) is 24.3 Å². The number of nitrogens with one attached hydrogen (secondary N) is 1. The van der Waals surface area contributed by atoms with Crippen molar-refractivity contribution < 1.29 is 32.2 Å². The highest BCUT2D eigenvalue weighted by molar-refractivity contribution is 6.32. The quantitative estimate of drug-likeness (QED) is 0.380. The number of aliphatic hydroxyl groups is 1. The van der Waals surface area contributed by atoms with Crippen molar-refractivity contribution in [2.45, 2.75) is 56.3 Å². The molecule has 1 aliphatic carbocycles. The maximum Gasteiger partial charge on any atom is 0.456 e. The predicted molar refractivity (Wildman–Crippen MR) is 117 cm³/mol. The highest BCUT2D eigenvalue weighted by Crippen LogP contribution is 2.59. The zero-order valence-electron chi connectivity index (χ0n) is 18.3. The smallest absolute Gasteiger partial charge is 0.456 e. The molecule has 182 valence electrons. The van der Waals surface area contributed by atoms with E-state index >= 15 is 8.78 Å². The Morgan fingerprint density at radius 2 is 1.71 bits per heavy atom. The van der Waals surface area contributed by atoms with Crippen LogP contribution in [0.2, 0.25) is 5.02 Å². The first-order chi connectivity index (χ1) is 15.6. The minimum atomic E-state index is -6.05. The number of hydrogen-bond donors (Lipinski definition) is 3. The van der Waals surface area contributed by atoms with E-state index in [1.807, 2.05) is 0 Å². The average Bonchev–Trinajstić information content (AvgIpc) is 2.71. The molecule has 34 heavy (non-hydrogen) atoms. The Labute approximate surface area is 196 Å². The van der Waals surface area contributed by atoms with E-state index < -0.39 is 41.3 Å². The first-order valence-corrected chi connectivity index (χ1v) is 10.7. The summed E-state index contributed by atoms with van der Waals surface area (Å²) < 4.78 is 70.9. The van der Waals surface area contributed by atoms with Crippen molar-refractivity contribution in [3.8, 4) is 5.75 Å². The zero-order chi connectivity index (χ0) is 25.3. The summed E-state index contributed by atoms with van der Waals surface area (Å²) in [5.74, 6) is -5.76. The molecule has 0 saturated carbocycles. The number of phenolic OH excluding ortho intramolecular Hbond substituents is 1. The molecule has 3 N–H and O–H groups in total. The maximum atomic E-state index is 15.0. The summed E-state index contributed by atoms with van der Waals surface area (Å²) in [6.45, 7) is 4.26. The molecule has 2 atom stereocenters. The Balaban J connectivity index is 2.02. The Morgan fingerprint density at radius 1 is 1.06 bits per heavy atom. The van der Waals surface area contributed by atoms with Crippen LogP contribution in [0.4, 0.5) is 27.8 Å². The van der Waals surface area contributed by atoms with Crippen LogP contribution in [0.1, 0.15) is 43.3 Å². The summed E-state index contributed by atoms with van der Waals surface area (Å²) >= 11 is 6.03. The van der Waals surface area contributed by atoms with Crippen LogP contribution in [0, 0.1) is 6.92 Å². The number of nitrogens with zero attached hydrogens (tertiary/aromatic N) is 2. The molecule has 1 heterocycles. The van der Waals surface area contributed by atoms with E-state index in [0.29, 0.717) is 10.9 Å². The summed E-state index contributed by atoms with van der Waals surface area (Å²) in [7, 11) is 0. The van der Waals surface area contributed by atoms with Crippen LogP contribution in [0.15, 0.2) is 36.4 Å². The van der Waals surface area contributed by atoms with Gasteiger partial charge in [0.05, 0.1) is 16.6 Å². The molecule has 0 unspecified atom stereocenters. The molecule has 0 bridgehead atoms. The summed E-state index contributed by atoms with van der Waals surface area (Å²) in [6.07, 6.45) is -7.08. The van der Waals surface area contributed by atoms with E-state index in [1.165, 1.54) is 32.9 Å². The van der Waals surface area contributed by atoms with Crippen LogP contribution in [0.5, 0.6) is 5.75 Å². The second kappa shape index (κ2) is 7.64. The van der Waals surface area contributed by atoms with Crippen LogP contribution in [0.25, 0.3) is 10.9 Å². The van der Waals surface area contributed by atoms with Gasteiger partial charge in [0.2, 0.25) is 0 Å². The van der Waals surface area contributed by atoms with Gasteiger partial charge in [-0.1, -0.05) is 43.6 Å². The Bertz CT molecular complexity index is 1280. The average molecular weight is 502 g/mol. The second-order valence-corrected chi connectivity index (χ2v) is 9.54. The Morgan fingerprint density at radius 3 is 2.35 bits per heavy atom. The van der Waals surface area contributed by atoms with E-state index in [0.717, 1.165) is 0 Å². The van der Waals surface area contributed by atoms with Gasteiger partial charge in [0.15, 0.2) is 5.60 Å². The fourth-order valence-electron chi connectivity index (χ4n) is 4.83. The van der Waals surface area contributed by atoms with Crippen LogP contribution in [-0.2, 0) is 5.41 Å². The molecule has 1 aliphatic rings. The number of benzene rings is 2. The third-order valence-electron chi connectivity index (χ3n) is 6.23. The molecule has 0 radical (unpaired) electrons. The normalized spacial score (nSPS) is 22.5. The lowest BCUT2D eigenvalue weighted by Gasteiger charge is -2.51. The number of phenols is 1. The van der Waals surface area contributed by atoms with Crippen molar-refractivity contribution in [1.29, 1.82) is 0 Å². The number of aromatic hydroxyl groups is 1. The largest absolute Gasteiger partial charge is 0.506 e. The van der Waals surface area contributed by atoms with Crippen molar-refractivity contribution in [1.82, 2.24) is 9.97 Å². The summed E-state index contributed by atoms with van der Waals surface area (Å²) in [4.78, 5) is 8.45. The Kier molecular flexibility index (Phi) is 5.49. The number of anilines is 1. The highest BCUT2D eigenvalue weighted by atomic mass is 35.5. The van der Waals surface area contributed by atoms with Crippen LogP contribution >= 0.6 is 11.6 Å². The molecule has 0 aliphatic heterocycles. The monoisotopic (exact) mass is 501 g/mol. The van der Waals surface area contributed by atoms with Gasteiger partial charge in [0.1, 0.15) is 17.4 Å². The van der Waals surface area contributed by atoms with Gasteiger partial charge in [0, 0.05) is 10.9 Å². The van der Waals surface area contributed by atoms with Gasteiger partial charge in [-0.25, -0.2) is 9.97 Å². The molecular weight excluding hydrogens is 481 g/mol. The molecule has 0 saturated heterocycles. The molecule has 4 rings (SSSR count). The van der Waals surface area contributed by atoms with E-state index in [9.17, 15) is 23.4 Å². The number of aromatic nitrogens is 2. The second-order valence-electron chi connectivity index (χ2n) is 9.13. The summed E-state index contributed by atoms with van der Waals surface area (Å²) in [5.41, 5.74) is -4.78. The van der Waals surface area contributed by atoms with Gasteiger partial charge in [-0.15, -0.1) is 0 Å². The van der Waals surface area contributed by atoms with Gasteiger partial charge in [-0.3, -0.25) is 0 Å². The third kappa shape index (κ3) is 3.54. The van der Waals surface area contributed by atoms with Crippen molar-refractivity contribution >= 4 is 28.3 Å². The fourth-order valence-corrected chi connectivity index (χ4v) is 4.99. The van der Waals surface area contributed by atoms with Gasteiger partial charge < -0.3 is 15.5 Å². The molecular formula is C23H21ClF5N3O2. The van der Waals surface area contributed by atoms with Crippen LogP contribution in [0.3, 0.4) is 0 Å². The number of fused-ring (bicyclic) bond motifs is 2. The standard InChI is InChI=1S/C23H21ClF5N3O2/c1-11-30-15-7-5-4-6-12(15)19(31-11)32-18-13-8-9-14(24)17(33)16(13)20(2,3)10-21(18,34)22(25,26)23(27,28)29/h4-9,18,33-34H,10H2,1-3H3,(H,30,31,32)/t18-,21-/m1/s1. The predicted octanol–water partition coefficient (Wildman–Crippen LogP) is 6.06. The first kappa shape index (κ1) is 24.4. The topological polar surface area (TPSA) is 78.3 Å². The Hall–Kier alpha value is -2.72. The van der Waals surface area contributed by atoms with Crippen molar-refractivity contribution in [3.63, 3.8) is 0 Å². The first-order valence-electron chi connectivity index (χ1n) is 10.3. The number of rotatable bonds is 3. The number of alkyl halides is 5. The highest BCUT2D eigenvalue weighted by Gasteiger charge is 2.74. The molecule has 11 heteroatoms. The fraction of sp³-hybridized carbons (Fsp3) is 0.391. The van der Waals surface area contributed by atoms with Gasteiger partial charge in [-0.05, 0) is 42.5 Å². The van der Waals surface area contributed by atoms with E-state index in [4.69, 9.17) is 11.6 Å². The van der Waals surface area contributed by atoms with Crippen molar-refractivity contribution in [2.75, 3.05) is 5.32 Å². The number of aryl methyl sites for hydroxylation is 1. The molecule has 0 spiro atoms. The van der Waals surface area contributed by atoms with Crippen LogP contribution in [-0.4, -0.2) is 37.9 Å². The van der Waals surface area contributed by atoms with Gasteiger partial charge in [-0.2, -0.15) is 22.0 Å². The van der Waals surface area contributed by atoms with E-state index in [2.05, 4.69) is 15.3 Å². The minimum Gasteiger partial charge on any atom is -0.506 e. The molecule has 2 aromatic carbocycles. The number of para-hydroxylation sites is 1. The third-order valence-corrected chi connectivity index (χ3v) is 6.54. The molecule has 3 aromatic rings. The van der Waals surface area contributed by atoms with Crippen molar-refractivity contribution in [3.05, 3.63) is 58.4 Å². The molecule has 1 aromatic heterocycles. The van der Waals surface area contributed by atoms with Crippen LogP contribution < -0.4 is 5.32 Å². The van der Waals surface area contributed by atoms with Crippen molar-refractivity contribution in [2.24, 2.45) is 0 Å². The lowest BCUT2D eigenvalue weighted by Crippen LogP contribution is -2.65. The lowest BCUT2D eigenvalue weighted by molar-refractivity contribution is -0.349. The maximum absolute atomic E-state index is 15.0. The molecule has 5 nitrogen and oxygen atoms in total.